The van der Waals surface area contributed by atoms with E-state index in [2.05, 4.69) is 22.8 Å². The molecule has 0 saturated carbocycles. The number of thiocarbonyl (C=S) groups is 1. The van der Waals surface area contributed by atoms with Gasteiger partial charge in [0.05, 0.1) is 6.61 Å². The Labute approximate surface area is 205 Å². The zero-order valence-electron chi connectivity index (χ0n) is 18.7. The van der Waals surface area contributed by atoms with Crippen LogP contribution < -0.4 is 15.4 Å². The van der Waals surface area contributed by atoms with Crippen molar-refractivity contribution in [1.29, 1.82) is 0 Å². The summed E-state index contributed by atoms with van der Waals surface area (Å²) in [6.07, 6.45) is 1.90. The highest BCUT2D eigenvalue weighted by molar-refractivity contribution is 7.80. The van der Waals surface area contributed by atoms with Gasteiger partial charge in [0.1, 0.15) is 5.75 Å². The summed E-state index contributed by atoms with van der Waals surface area (Å²) in [6.45, 7) is 0.624. The van der Waals surface area contributed by atoms with Crippen molar-refractivity contribution in [2.75, 3.05) is 11.9 Å². The average Bonchev–Trinajstić information content (AvgIpc) is 2.88. The quantitative estimate of drug-likeness (QED) is 0.230. The second-order valence-electron chi connectivity index (χ2n) is 7.82. The first-order chi connectivity index (χ1) is 16.7. The van der Waals surface area contributed by atoms with Crippen LogP contribution in [0.3, 0.4) is 0 Å². The first-order valence-electron chi connectivity index (χ1n) is 11.2. The molecular weight excluding hydrogens is 440 g/mol. The van der Waals surface area contributed by atoms with Gasteiger partial charge in [-0.3, -0.25) is 10.1 Å². The molecule has 0 unspecified atom stereocenters. The Kier molecular flexibility index (Phi) is 8.04. The van der Waals surface area contributed by atoms with Crippen molar-refractivity contribution in [3.8, 4) is 16.9 Å². The van der Waals surface area contributed by atoms with Gasteiger partial charge < -0.3 is 10.1 Å². The topological polar surface area (TPSA) is 50.4 Å². The maximum absolute atomic E-state index is 12.6. The fourth-order valence-corrected chi connectivity index (χ4v) is 3.77. The van der Waals surface area contributed by atoms with Crippen LogP contribution in [0.4, 0.5) is 5.69 Å². The number of rotatable bonds is 8. The molecule has 4 aromatic carbocycles. The van der Waals surface area contributed by atoms with E-state index in [1.807, 2.05) is 84.9 Å². The van der Waals surface area contributed by atoms with E-state index in [9.17, 15) is 4.79 Å². The lowest BCUT2D eigenvalue weighted by Gasteiger charge is -2.12. The van der Waals surface area contributed by atoms with E-state index in [-0.39, 0.29) is 11.0 Å². The number of aryl methyl sites for hydroxylation is 1. The third kappa shape index (κ3) is 6.77. The molecule has 0 spiro atoms. The molecule has 170 valence electrons. The number of carbonyl (C=O) groups is 1. The molecule has 0 heterocycles. The minimum atomic E-state index is -0.259. The van der Waals surface area contributed by atoms with E-state index in [1.165, 1.54) is 5.56 Å². The predicted molar refractivity (Wildman–Crippen MR) is 142 cm³/mol. The Balaban J connectivity index is 1.26. The Bertz CT molecular complexity index is 1230. The third-order valence-electron chi connectivity index (χ3n) is 5.29. The molecule has 0 bridgehead atoms. The number of ether oxygens (including phenoxy) is 1. The largest absolute Gasteiger partial charge is 0.494 e. The first kappa shape index (κ1) is 23.2. The number of nitrogens with one attached hydrogen (secondary N) is 2. The van der Waals surface area contributed by atoms with Crippen LogP contribution in [0.1, 0.15) is 22.3 Å². The Morgan fingerprint density at radius 1 is 0.765 bits per heavy atom. The molecule has 0 atom stereocenters. The van der Waals surface area contributed by atoms with Crippen molar-refractivity contribution in [2.24, 2.45) is 0 Å². The number of carbonyl (C=O) groups excluding carboxylic acids is 1. The molecule has 0 fully saturated rings. The van der Waals surface area contributed by atoms with Crippen LogP contribution in [0.5, 0.6) is 5.75 Å². The SMILES string of the molecule is O=C(NC(=S)Nc1cccc(OCCCc2ccccc2)c1)c1ccc(-c2ccccc2)cc1. The Morgan fingerprint density at radius 2 is 1.44 bits per heavy atom. The average molecular weight is 467 g/mol. The lowest BCUT2D eigenvalue weighted by Crippen LogP contribution is -2.34. The monoisotopic (exact) mass is 466 g/mol. The highest BCUT2D eigenvalue weighted by atomic mass is 32.1. The van der Waals surface area contributed by atoms with E-state index in [1.54, 1.807) is 12.1 Å². The van der Waals surface area contributed by atoms with Crippen molar-refractivity contribution in [1.82, 2.24) is 5.32 Å². The van der Waals surface area contributed by atoms with Crippen molar-refractivity contribution < 1.29 is 9.53 Å². The van der Waals surface area contributed by atoms with Crippen molar-refractivity contribution in [3.63, 3.8) is 0 Å². The van der Waals surface area contributed by atoms with Crippen LogP contribution in [-0.2, 0) is 6.42 Å². The summed E-state index contributed by atoms with van der Waals surface area (Å²) in [5.74, 6) is 0.495. The third-order valence-corrected chi connectivity index (χ3v) is 5.50. The lowest BCUT2D eigenvalue weighted by molar-refractivity contribution is 0.0978. The van der Waals surface area contributed by atoms with Crippen LogP contribution in [0, 0.1) is 0 Å². The van der Waals surface area contributed by atoms with Gasteiger partial charge in [0.25, 0.3) is 5.91 Å². The van der Waals surface area contributed by atoms with Gasteiger partial charge in [0.15, 0.2) is 5.11 Å². The van der Waals surface area contributed by atoms with E-state index in [0.717, 1.165) is 35.4 Å². The summed E-state index contributed by atoms with van der Waals surface area (Å²) in [4.78, 5) is 12.6. The zero-order valence-corrected chi connectivity index (χ0v) is 19.6. The fourth-order valence-electron chi connectivity index (χ4n) is 3.56. The predicted octanol–water partition coefficient (Wildman–Crippen LogP) is 6.49. The summed E-state index contributed by atoms with van der Waals surface area (Å²) in [6, 6.07) is 35.4. The molecule has 0 aliphatic rings. The van der Waals surface area contributed by atoms with E-state index in [4.69, 9.17) is 17.0 Å². The van der Waals surface area contributed by atoms with E-state index >= 15 is 0 Å². The van der Waals surface area contributed by atoms with Gasteiger partial charge in [-0.1, -0.05) is 78.9 Å². The van der Waals surface area contributed by atoms with Crippen LogP contribution >= 0.6 is 12.2 Å². The van der Waals surface area contributed by atoms with Gasteiger partial charge in [0, 0.05) is 17.3 Å². The normalized spacial score (nSPS) is 10.4. The standard InChI is InChI=1S/C29H26N2O2S/c32-28(25-18-16-24(17-19-25)23-12-5-2-6-13-23)31-29(34)30-26-14-7-15-27(21-26)33-20-8-11-22-9-3-1-4-10-22/h1-7,9-10,12-19,21H,8,11,20H2,(H2,30,31,32,34). The second kappa shape index (κ2) is 11.8. The smallest absolute Gasteiger partial charge is 0.257 e. The maximum atomic E-state index is 12.6. The molecule has 2 N–H and O–H groups in total. The van der Waals surface area contributed by atoms with Crippen LogP contribution in [0.25, 0.3) is 11.1 Å². The molecule has 1 amide bonds. The molecule has 0 saturated heterocycles. The van der Waals surface area contributed by atoms with Crippen LogP contribution in [0.15, 0.2) is 109 Å². The highest BCUT2D eigenvalue weighted by Crippen LogP contribution is 2.20. The molecule has 4 rings (SSSR count). The van der Waals surface area contributed by atoms with Gasteiger partial charge in [-0.05, 0) is 66.0 Å². The van der Waals surface area contributed by atoms with Gasteiger partial charge >= 0.3 is 0 Å². The van der Waals surface area contributed by atoms with Gasteiger partial charge in [-0.2, -0.15) is 0 Å². The molecule has 0 aliphatic carbocycles. The minimum absolute atomic E-state index is 0.235. The molecular formula is C29H26N2O2S. The molecule has 4 nitrogen and oxygen atoms in total. The van der Waals surface area contributed by atoms with Crippen molar-refractivity contribution in [2.45, 2.75) is 12.8 Å². The van der Waals surface area contributed by atoms with Gasteiger partial charge in [0.2, 0.25) is 0 Å². The molecule has 0 aliphatic heterocycles. The Morgan fingerprint density at radius 3 is 2.18 bits per heavy atom. The summed E-state index contributed by atoms with van der Waals surface area (Å²) in [5.41, 5.74) is 4.76. The summed E-state index contributed by atoms with van der Waals surface area (Å²) < 4.78 is 5.88. The summed E-state index contributed by atoms with van der Waals surface area (Å²) >= 11 is 5.33. The van der Waals surface area contributed by atoms with Crippen molar-refractivity contribution >= 4 is 28.9 Å². The highest BCUT2D eigenvalue weighted by Gasteiger charge is 2.09. The van der Waals surface area contributed by atoms with Crippen LogP contribution in [-0.4, -0.2) is 17.6 Å². The zero-order chi connectivity index (χ0) is 23.6. The Hall–Kier alpha value is -3.96. The number of amides is 1. The molecule has 4 aromatic rings. The maximum Gasteiger partial charge on any atom is 0.257 e. The van der Waals surface area contributed by atoms with Gasteiger partial charge in [-0.25, -0.2) is 0 Å². The van der Waals surface area contributed by atoms with Crippen LogP contribution in [0.2, 0.25) is 0 Å². The minimum Gasteiger partial charge on any atom is -0.494 e. The van der Waals surface area contributed by atoms with E-state index < -0.39 is 0 Å². The first-order valence-corrected chi connectivity index (χ1v) is 11.6. The molecule has 0 radical (unpaired) electrons. The molecule has 0 aromatic heterocycles. The number of anilines is 1. The lowest BCUT2D eigenvalue weighted by atomic mass is 10.0. The molecule has 5 heteroatoms. The second-order valence-corrected chi connectivity index (χ2v) is 8.23. The fraction of sp³-hybridized carbons (Fsp3) is 0.103. The number of hydrogen-bond acceptors (Lipinski definition) is 3. The summed E-state index contributed by atoms with van der Waals surface area (Å²) in [5, 5.41) is 6.03. The molecule has 34 heavy (non-hydrogen) atoms. The summed E-state index contributed by atoms with van der Waals surface area (Å²) in [7, 11) is 0. The number of hydrogen-bond donors (Lipinski definition) is 2. The van der Waals surface area contributed by atoms with E-state index in [0.29, 0.717) is 12.2 Å². The van der Waals surface area contributed by atoms with Crippen molar-refractivity contribution in [3.05, 3.63) is 120 Å². The van der Waals surface area contributed by atoms with Gasteiger partial charge in [-0.15, -0.1) is 0 Å². The number of benzene rings is 4.